The molecule has 26 heavy (non-hydrogen) atoms. The van der Waals surface area contributed by atoms with Gasteiger partial charge in [-0.2, -0.15) is 0 Å². The van der Waals surface area contributed by atoms with Crippen molar-refractivity contribution in [3.8, 4) is 5.75 Å². The van der Waals surface area contributed by atoms with Crippen LogP contribution in [0.5, 0.6) is 5.75 Å². The van der Waals surface area contributed by atoms with Crippen LogP contribution in [-0.2, 0) is 9.59 Å². The van der Waals surface area contributed by atoms with Crippen LogP contribution >= 0.6 is 0 Å². The minimum absolute atomic E-state index is 0.254. The van der Waals surface area contributed by atoms with Gasteiger partial charge in [0.1, 0.15) is 11.2 Å². The molecule has 1 saturated carbocycles. The van der Waals surface area contributed by atoms with Crippen LogP contribution in [0.1, 0.15) is 29.5 Å². The Balaban J connectivity index is 1.78. The molecule has 2 amide bonds. The van der Waals surface area contributed by atoms with Crippen LogP contribution in [-0.4, -0.2) is 18.9 Å². The summed E-state index contributed by atoms with van der Waals surface area (Å²) in [6, 6.07) is 11.3. The quantitative estimate of drug-likeness (QED) is 0.800. The smallest absolute Gasteiger partial charge is 0.240 e. The van der Waals surface area contributed by atoms with Gasteiger partial charge in [-0.3, -0.25) is 9.59 Å². The van der Waals surface area contributed by atoms with E-state index in [-0.39, 0.29) is 11.8 Å². The third kappa shape index (κ3) is 3.29. The van der Waals surface area contributed by atoms with Gasteiger partial charge in [0.05, 0.1) is 12.8 Å². The molecule has 0 unspecified atom stereocenters. The number of nitrogens with one attached hydrogen (secondary N) is 2. The standard InChI is InChI=1S/C21H24N2O3/c1-13-8-9-18(26-4)17(12-13)23-20(25)21(10-11-21)19(24)22-16-7-5-6-14(2)15(16)3/h5-9,12H,10-11H2,1-4H3,(H,22,24)(H,23,25). The summed E-state index contributed by atoms with van der Waals surface area (Å²) in [7, 11) is 1.56. The van der Waals surface area contributed by atoms with Gasteiger partial charge in [-0.1, -0.05) is 18.2 Å². The fraction of sp³-hybridized carbons (Fsp3) is 0.333. The molecule has 0 radical (unpaired) electrons. The molecule has 0 aliphatic heterocycles. The van der Waals surface area contributed by atoms with E-state index in [0.29, 0.717) is 24.3 Å². The second-order valence-corrected chi connectivity index (χ2v) is 6.94. The number of aryl methyl sites for hydroxylation is 2. The summed E-state index contributed by atoms with van der Waals surface area (Å²) in [5.41, 5.74) is 3.45. The largest absolute Gasteiger partial charge is 0.495 e. The van der Waals surface area contributed by atoms with Crippen molar-refractivity contribution < 1.29 is 14.3 Å². The van der Waals surface area contributed by atoms with E-state index in [1.807, 2.05) is 51.1 Å². The molecule has 0 atom stereocenters. The van der Waals surface area contributed by atoms with Crippen LogP contribution in [0, 0.1) is 26.2 Å². The maximum Gasteiger partial charge on any atom is 0.240 e. The van der Waals surface area contributed by atoms with Gasteiger partial charge in [0.25, 0.3) is 0 Å². The van der Waals surface area contributed by atoms with E-state index in [9.17, 15) is 9.59 Å². The summed E-state index contributed by atoms with van der Waals surface area (Å²) in [5.74, 6) is 0.0363. The number of methoxy groups -OCH3 is 1. The van der Waals surface area contributed by atoms with Crippen molar-refractivity contribution in [3.63, 3.8) is 0 Å². The molecule has 1 aliphatic carbocycles. The molecule has 136 valence electrons. The van der Waals surface area contributed by atoms with E-state index in [1.165, 1.54) is 0 Å². The third-order valence-corrected chi connectivity index (χ3v) is 5.08. The zero-order chi connectivity index (χ0) is 18.9. The number of ether oxygens (including phenoxy) is 1. The molecule has 2 aromatic rings. The zero-order valence-corrected chi connectivity index (χ0v) is 15.6. The van der Waals surface area contributed by atoms with E-state index in [0.717, 1.165) is 22.4 Å². The Morgan fingerprint density at radius 1 is 0.962 bits per heavy atom. The molecular weight excluding hydrogens is 328 g/mol. The molecular formula is C21H24N2O3. The molecule has 2 N–H and O–H groups in total. The lowest BCUT2D eigenvalue weighted by Gasteiger charge is -2.18. The van der Waals surface area contributed by atoms with E-state index < -0.39 is 5.41 Å². The molecule has 0 bridgehead atoms. The van der Waals surface area contributed by atoms with Crippen molar-refractivity contribution in [3.05, 3.63) is 53.1 Å². The summed E-state index contributed by atoms with van der Waals surface area (Å²) in [6.07, 6.45) is 1.09. The van der Waals surface area contributed by atoms with Crippen molar-refractivity contribution in [2.75, 3.05) is 17.7 Å². The topological polar surface area (TPSA) is 67.4 Å². The third-order valence-electron chi connectivity index (χ3n) is 5.08. The number of benzene rings is 2. The number of rotatable bonds is 5. The highest BCUT2D eigenvalue weighted by Gasteiger charge is 2.56. The van der Waals surface area contributed by atoms with Gasteiger partial charge in [-0.15, -0.1) is 0 Å². The van der Waals surface area contributed by atoms with Crippen LogP contribution in [0.2, 0.25) is 0 Å². The Kier molecular flexibility index (Phi) is 4.72. The predicted octanol–water partition coefficient (Wildman–Crippen LogP) is 3.98. The van der Waals surface area contributed by atoms with Crippen molar-refractivity contribution in [1.82, 2.24) is 0 Å². The average Bonchev–Trinajstić information content (AvgIpc) is 3.41. The van der Waals surface area contributed by atoms with Crippen molar-refractivity contribution >= 4 is 23.2 Å². The van der Waals surface area contributed by atoms with Gasteiger partial charge in [-0.25, -0.2) is 0 Å². The molecule has 5 nitrogen and oxygen atoms in total. The molecule has 1 aliphatic rings. The monoisotopic (exact) mass is 352 g/mol. The average molecular weight is 352 g/mol. The lowest BCUT2D eigenvalue weighted by atomic mass is 10.0. The van der Waals surface area contributed by atoms with Crippen LogP contribution in [0.3, 0.4) is 0 Å². The second kappa shape index (κ2) is 6.83. The normalized spacial score (nSPS) is 14.5. The van der Waals surface area contributed by atoms with Gasteiger partial charge in [-0.05, 0) is 68.5 Å². The van der Waals surface area contributed by atoms with Gasteiger partial charge < -0.3 is 15.4 Å². The van der Waals surface area contributed by atoms with Gasteiger partial charge in [0.2, 0.25) is 11.8 Å². The Morgan fingerprint density at radius 3 is 2.23 bits per heavy atom. The Hall–Kier alpha value is -2.82. The van der Waals surface area contributed by atoms with Crippen LogP contribution in [0.25, 0.3) is 0 Å². The highest BCUT2D eigenvalue weighted by atomic mass is 16.5. The van der Waals surface area contributed by atoms with Crippen LogP contribution in [0.4, 0.5) is 11.4 Å². The van der Waals surface area contributed by atoms with Crippen molar-refractivity contribution in [1.29, 1.82) is 0 Å². The lowest BCUT2D eigenvalue weighted by molar-refractivity contribution is -0.131. The van der Waals surface area contributed by atoms with Gasteiger partial charge in [0, 0.05) is 5.69 Å². The minimum atomic E-state index is -1.01. The van der Waals surface area contributed by atoms with E-state index in [2.05, 4.69) is 10.6 Å². The van der Waals surface area contributed by atoms with E-state index in [4.69, 9.17) is 4.74 Å². The van der Waals surface area contributed by atoms with Gasteiger partial charge in [0.15, 0.2) is 0 Å². The first-order chi connectivity index (χ1) is 12.4. The number of carbonyl (C=O) groups is 2. The lowest BCUT2D eigenvalue weighted by Crippen LogP contribution is -2.36. The predicted molar refractivity (Wildman–Crippen MR) is 103 cm³/mol. The maximum absolute atomic E-state index is 12.8. The minimum Gasteiger partial charge on any atom is -0.495 e. The first kappa shape index (κ1) is 18.0. The maximum atomic E-state index is 12.8. The molecule has 0 heterocycles. The summed E-state index contributed by atoms with van der Waals surface area (Å²) in [6.45, 7) is 5.89. The SMILES string of the molecule is COc1ccc(C)cc1NC(=O)C1(C(=O)Nc2cccc(C)c2C)CC1. The van der Waals surface area contributed by atoms with Crippen LogP contribution < -0.4 is 15.4 Å². The highest BCUT2D eigenvalue weighted by molar-refractivity contribution is 6.17. The number of hydrogen-bond acceptors (Lipinski definition) is 3. The molecule has 0 aromatic heterocycles. The van der Waals surface area contributed by atoms with Crippen LogP contribution in [0.15, 0.2) is 36.4 Å². The zero-order valence-electron chi connectivity index (χ0n) is 15.6. The van der Waals surface area contributed by atoms with Crippen molar-refractivity contribution in [2.24, 2.45) is 5.41 Å². The van der Waals surface area contributed by atoms with E-state index in [1.54, 1.807) is 13.2 Å². The molecule has 5 heteroatoms. The van der Waals surface area contributed by atoms with Crippen molar-refractivity contribution in [2.45, 2.75) is 33.6 Å². The highest BCUT2D eigenvalue weighted by Crippen LogP contribution is 2.48. The molecule has 3 rings (SSSR count). The summed E-state index contributed by atoms with van der Waals surface area (Å²) in [5, 5.41) is 5.80. The Morgan fingerprint density at radius 2 is 1.62 bits per heavy atom. The first-order valence-electron chi connectivity index (χ1n) is 8.71. The number of anilines is 2. The fourth-order valence-corrected chi connectivity index (χ4v) is 2.97. The summed E-state index contributed by atoms with van der Waals surface area (Å²) < 4.78 is 5.30. The molecule has 2 aromatic carbocycles. The Bertz CT molecular complexity index is 870. The number of amides is 2. The second-order valence-electron chi connectivity index (χ2n) is 6.94. The number of carbonyl (C=O) groups excluding carboxylic acids is 2. The van der Waals surface area contributed by atoms with E-state index >= 15 is 0 Å². The summed E-state index contributed by atoms with van der Waals surface area (Å²) >= 11 is 0. The molecule has 1 fully saturated rings. The molecule has 0 spiro atoms. The summed E-state index contributed by atoms with van der Waals surface area (Å²) in [4.78, 5) is 25.6. The number of hydrogen-bond donors (Lipinski definition) is 2. The molecule has 0 saturated heterocycles. The first-order valence-corrected chi connectivity index (χ1v) is 8.71. The fourth-order valence-electron chi connectivity index (χ4n) is 2.97. The Labute approximate surface area is 153 Å². The van der Waals surface area contributed by atoms with Gasteiger partial charge >= 0.3 is 0 Å².